The van der Waals surface area contributed by atoms with Gasteiger partial charge in [0.25, 0.3) is 0 Å². The van der Waals surface area contributed by atoms with Crippen LogP contribution in [0.2, 0.25) is 0 Å². The average Bonchev–Trinajstić information content (AvgIpc) is 0.957. The molecule has 0 aromatic heterocycles. The van der Waals surface area contributed by atoms with Crippen LogP contribution in [0.5, 0.6) is 0 Å². The predicted octanol–water partition coefficient (Wildman–Crippen LogP) is 34.5. The van der Waals surface area contributed by atoms with Gasteiger partial charge in [0.15, 0.2) is 0 Å². The quantitative estimate of drug-likeness (QED) is 0.0344. The lowest BCUT2D eigenvalue weighted by atomic mass is 9.87. The van der Waals surface area contributed by atoms with E-state index in [-0.39, 0.29) is 35.0 Å². The molecule has 0 spiro atoms. The van der Waals surface area contributed by atoms with Gasteiger partial charge in [0.1, 0.15) is 23.1 Å². The van der Waals surface area contributed by atoms with Crippen molar-refractivity contribution in [1.29, 1.82) is 0 Å². The molecule has 0 aromatic rings. The van der Waals surface area contributed by atoms with Gasteiger partial charge in [-0.05, 0) is 77.0 Å². The molecule has 620 valence electrons. The molecule has 0 saturated heterocycles. The van der Waals surface area contributed by atoms with E-state index in [1.54, 1.807) is 0 Å². The van der Waals surface area contributed by atoms with Crippen molar-refractivity contribution >= 4 is 23.1 Å². The summed E-state index contributed by atoms with van der Waals surface area (Å²) in [5, 5.41) is 0. The third-order valence-corrected chi connectivity index (χ3v) is 23.6. The molecule has 0 aromatic carbocycles. The lowest BCUT2D eigenvalue weighted by Crippen LogP contribution is -2.24. The smallest absolute Gasteiger partial charge is 0.143 e. The summed E-state index contributed by atoms with van der Waals surface area (Å²) >= 11 is 0. The fourth-order valence-corrected chi connectivity index (χ4v) is 16.2. The van der Waals surface area contributed by atoms with E-state index in [1.165, 1.54) is 411 Å². The summed E-state index contributed by atoms with van der Waals surface area (Å²) in [4.78, 5) is 54.3. The highest BCUT2D eigenvalue weighted by Gasteiger charge is 2.26. The normalized spacial score (nSPS) is 11.9. The molecular formula is C100H190O5. The summed E-state index contributed by atoms with van der Waals surface area (Å²) in [6.45, 7) is 10.8. The van der Waals surface area contributed by atoms with Crippen LogP contribution in [0.25, 0.3) is 0 Å². The minimum absolute atomic E-state index is 0.262. The van der Waals surface area contributed by atoms with Crippen molar-refractivity contribution in [2.24, 2.45) is 11.8 Å². The van der Waals surface area contributed by atoms with Crippen molar-refractivity contribution < 1.29 is 23.9 Å². The summed E-state index contributed by atoms with van der Waals surface area (Å²) in [5.41, 5.74) is 0. The number of carbonyl (C=O) groups is 4. The Morgan fingerprint density at radius 1 is 0.181 bits per heavy atom. The molecule has 0 aliphatic rings. The van der Waals surface area contributed by atoms with Crippen molar-refractivity contribution in [3.8, 4) is 0 Å². The largest absolute Gasteiger partial charge is 0.381 e. The van der Waals surface area contributed by atoms with E-state index in [0.717, 1.165) is 116 Å². The van der Waals surface area contributed by atoms with Crippen LogP contribution in [0, 0.1) is 11.8 Å². The lowest BCUT2D eigenvalue weighted by molar-refractivity contribution is -0.134. The highest BCUT2D eigenvalue weighted by atomic mass is 16.5. The molecule has 0 aliphatic heterocycles. The Kier molecular flexibility index (Phi) is 89.4. The SMILES string of the molecule is CCCCCCCCCCCCCCCC(=O)C(CCCCCCCCCCCCCC=CCCOCCC=CCCCCCCCCCCCCCC(C(=O)CCCCCCCCCCCCCCC)C(=O)CCCCCCCCCCCCCCC)C(=O)CCCCCCCCCCCCCCC. The van der Waals surface area contributed by atoms with Crippen LogP contribution in [-0.2, 0) is 23.9 Å². The number of rotatable bonds is 94. The van der Waals surface area contributed by atoms with Crippen LogP contribution < -0.4 is 0 Å². The summed E-state index contributed by atoms with van der Waals surface area (Å²) in [7, 11) is 0. The number of hydrogen-bond acceptors (Lipinski definition) is 5. The van der Waals surface area contributed by atoms with Gasteiger partial charge in [0.05, 0.1) is 25.0 Å². The maximum absolute atomic E-state index is 13.6. The molecule has 0 aliphatic carbocycles. The average molecular weight is 1470 g/mol. The monoisotopic (exact) mass is 1470 g/mol. The van der Waals surface area contributed by atoms with Gasteiger partial charge in [0, 0.05) is 25.7 Å². The topological polar surface area (TPSA) is 77.5 Å². The first-order valence-corrected chi connectivity index (χ1v) is 48.9. The van der Waals surface area contributed by atoms with Gasteiger partial charge in [-0.3, -0.25) is 19.2 Å². The van der Waals surface area contributed by atoms with E-state index >= 15 is 0 Å². The van der Waals surface area contributed by atoms with E-state index in [1.807, 2.05) is 0 Å². The molecule has 5 heteroatoms. The van der Waals surface area contributed by atoms with Crippen LogP contribution >= 0.6 is 0 Å². The second-order valence-electron chi connectivity index (χ2n) is 34.0. The molecule has 0 saturated carbocycles. The zero-order valence-electron chi connectivity index (χ0n) is 72.3. The first-order valence-electron chi connectivity index (χ1n) is 48.9. The van der Waals surface area contributed by atoms with E-state index < -0.39 is 0 Å². The molecule has 0 N–H and O–H groups in total. The summed E-state index contributed by atoms with van der Waals surface area (Å²) < 4.78 is 5.92. The number of Topliss-reactive ketones (excluding diaryl/α,β-unsaturated/α-hetero) is 4. The number of ketones is 4. The van der Waals surface area contributed by atoms with Crippen LogP contribution in [0.15, 0.2) is 24.3 Å². The molecule has 0 bridgehead atoms. The predicted molar refractivity (Wildman–Crippen MR) is 467 cm³/mol. The van der Waals surface area contributed by atoms with E-state index in [9.17, 15) is 19.2 Å². The first kappa shape index (κ1) is 103. The van der Waals surface area contributed by atoms with Gasteiger partial charge in [-0.1, -0.05) is 489 Å². The van der Waals surface area contributed by atoms with Crippen LogP contribution in [0.4, 0.5) is 0 Å². The Hall–Kier alpha value is -1.88. The highest BCUT2D eigenvalue weighted by molar-refractivity contribution is 6.02. The molecule has 0 fully saturated rings. The van der Waals surface area contributed by atoms with Crippen molar-refractivity contribution in [3.63, 3.8) is 0 Å². The maximum Gasteiger partial charge on any atom is 0.143 e. The zero-order valence-corrected chi connectivity index (χ0v) is 72.3. The molecular weight excluding hydrogens is 1280 g/mol. The molecule has 0 atom stereocenters. The molecule has 0 heterocycles. The van der Waals surface area contributed by atoms with Crippen LogP contribution in [0.1, 0.15) is 567 Å². The van der Waals surface area contributed by atoms with E-state index in [2.05, 4.69) is 52.0 Å². The summed E-state index contributed by atoms with van der Waals surface area (Å²) in [6, 6.07) is 0. The van der Waals surface area contributed by atoms with Gasteiger partial charge in [-0.2, -0.15) is 0 Å². The highest BCUT2D eigenvalue weighted by Crippen LogP contribution is 2.26. The number of unbranched alkanes of at least 4 members (excludes halogenated alkanes) is 70. The van der Waals surface area contributed by atoms with Gasteiger partial charge < -0.3 is 4.74 Å². The summed E-state index contributed by atoms with van der Waals surface area (Å²) in [6.07, 6.45) is 114. The van der Waals surface area contributed by atoms with Gasteiger partial charge in [0.2, 0.25) is 0 Å². The van der Waals surface area contributed by atoms with Gasteiger partial charge >= 0.3 is 0 Å². The lowest BCUT2D eigenvalue weighted by Gasteiger charge is -2.15. The zero-order chi connectivity index (χ0) is 75.8. The van der Waals surface area contributed by atoms with Crippen molar-refractivity contribution in [2.45, 2.75) is 567 Å². The molecule has 0 rings (SSSR count). The Labute approximate surface area is 659 Å². The first-order chi connectivity index (χ1) is 51.9. The second-order valence-corrected chi connectivity index (χ2v) is 34.0. The Morgan fingerprint density at radius 2 is 0.324 bits per heavy atom. The Bertz CT molecular complexity index is 1570. The summed E-state index contributed by atoms with van der Waals surface area (Å²) in [5.74, 6) is 0.380. The fourth-order valence-electron chi connectivity index (χ4n) is 16.2. The number of carbonyl (C=O) groups excluding carboxylic acids is 4. The number of hydrogen-bond donors (Lipinski definition) is 0. The van der Waals surface area contributed by atoms with Crippen LogP contribution in [0.3, 0.4) is 0 Å². The molecule has 5 nitrogen and oxygen atoms in total. The van der Waals surface area contributed by atoms with E-state index in [4.69, 9.17) is 4.74 Å². The maximum atomic E-state index is 13.6. The van der Waals surface area contributed by atoms with Crippen molar-refractivity contribution in [2.75, 3.05) is 13.2 Å². The minimum atomic E-state index is -0.334. The van der Waals surface area contributed by atoms with Gasteiger partial charge in [-0.25, -0.2) is 0 Å². The molecule has 0 amide bonds. The fraction of sp³-hybridized carbons (Fsp3) is 0.920. The van der Waals surface area contributed by atoms with E-state index in [0.29, 0.717) is 25.7 Å². The standard InChI is InChI=1S/C100H190O5/c1-5-9-13-17-21-25-29-39-49-57-65-73-81-89-97(101)95(98(102)90-82-74-66-58-50-40-30-26-22-18-14-10-6-2)87-79-71-63-55-47-43-35-33-37-45-53-61-69-77-85-93-105-94-86-78-70-62-54-46-38-34-36-44-48-56-64-72-80-88-96(99(103)91-83-75-67-59-51-41-31-27-23-19-15-11-7-3)100(104)92-84-76-68-60-52-42-32-28-24-20-16-12-8-4/h69-70,77-78,95-96H,5-68,71-76,79-94H2,1-4H3. The van der Waals surface area contributed by atoms with Crippen molar-refractivity contribution in [1.82, 2.24) is 0 Å². The third kappa shape index (κ3) is 81.4. The third-order valence-electron chi connectivity index (χ3n) is 23.6. The molecule has 105 heavy (non-hydrogen) atoms. The second kappa shape index (κ2) is 91.0. The number of ether oxygens (including phenoxy) is 1. The number of allylic oxidation sites excluding steroid dienone is 2. The molecule has 0 unspecified atom stereocenters. The van der Waals surface area contributed by atoms with Gasteiger partial charge in [-0.15, -0.1) is 0 Å². The Balaban J connectivity index is 4.12. The van der Waals surface area contributed by atoms with Crippen LogP contribution in [-0.4, -0.2) is 36.3 Å². The minimum Gasteiger partial charge on any atom is -0.381 e. The van der Waals surface area contributed by atoms with Crippen molar-refractivity contribution in [3.05, 3.63) is 24.3 Å². The Morgan fingerprint density at radius 3 is 0.505 bits per heavy atom. The molecule has 0 radical (unpaired) electrons.